The number of nitrogens with zero attached hydrogens (tertiary/aromatic N) is 1. The van der Waals surface area contributed by atoms with E-state index in [-0.39, 0.29) is 5.41 Å². The van der Waals surface area contributed by atoms with Gasteiger partial charge in [0, 0.05) is 11.6 Å². The van der Waals surface area contributed by atoms with E-state index in [0.717, 1.165) is 0 Å². The Morgan fingerprint density at radius 2 is 1.56 bits per heavy atom. The third-order valence-corrected chi connectivity index (χ3v) is 4.14. The van der Waals surface area contributed by atoms with Crippen molar-refractivity contribution in [1.82, 2.24) is 0 Å². The first kappa shape index (κ1) is 10.1. The zero-order valence-electron chi connectivity index (χ0n) is 9.78. The fraction of sp³-hybridized carbons (Fsp3) is 0.533. The molecular formula is C15H19N. The first-order valence-corrected chi connectivity index (χ1v) is 6.55. The van der Waals surface area contributed by atoms with Crippen molar-refractivity contribution >= 4 is 11.9 Å². The number of hydrogen-bond donors (Lipinski definition) is 0. The van der Waals surface area contributed by atoms with Gasteiger partial charge in [-0.2, -0.15) is 0 Å². The Morgan fingerprint density at radius 1 is 0.875 bits per heavy atom. The topological polar surface area (TPSA) is 12.4 Å². The summed E-state index contributed by atoms with van der Waals surface area (Å²) in [4.78, 5) is 4.62. The largest absolute Gasteiger partial charge is 0.260 e. The van der Waals surface area contributed by atoms with Crippen molar-refractivity contribution in [1.29, 1.82) is 0 Å². The molecule has 1 heterocycles. The van der Waals surface area contributed by atoms with Crippen LogP contribution in [0.5, 0.6) is 0 Å². The highest BCUT2D eigenvalue weighted by molar-refractivity contribution is 5.85. The third-order valence-electron chi connectivity index (χ3n) is 4.14. The summed E-state index contributed by atoms with van der Waals surface area (Å²) in [6.45, 7) is 0. The van der Waals surface area contributed by atoms with Gasteiger partial charge in [-0.25, -0.2) is 0 Å². The van der Waals surface area contributed by atoms with Crippen molar-refractivity contribution in [2.75, 3.05) is 0 Å². The van der Waals surface area contributed by atoms with Gasteiger partial charge in [-0.3, -0.25) is 4.99 Å². The SMILES string of the molecule is C1=Nc2ccccc2C12CCCCCCC2. The Kier molecular flexibility index (Phi) is 2.55. The molecule has 1 aromatic rings. The Hall–Kier alpha value is -1.11. The van der Waals surface area contributed by atoms with Crippen molar-refractivity contribution in [3.63, 3.8) is 0 Å². The summed E-state index contributed by atoms with van der Waals surface area (Å²) in [6, 6.07) is 8.69. The van der Waals surface area contributed by atoms with Crippen LogP contribution in [0, 0.1) is 0 Å². The molecule has 2 aliphatic rings. The van der Waals surface area contributed by atoms with Crippen LogP contribution in [-0.2, 0) is 5.41 Å². The summed E-state index contributed by atoms with van der Waals surface area (Å²) < 4.78 is 0. The molecule has 0 aromatic heterocycles. The lowest BCUT2D eigenvalue weighted by molar-refractivity contribution is 0.410. The van der Waals surface area contributed by atoms with Crippen LogP contribution in [0.2, 0.25) is 0 Å². The molecule has 84 valence electrons. The van der Waals surface area contributed by atoms with Gasteiger partial charge in [0.2, 0.25) is 0 Å². The molecule has 3 rings (SSSR count). The second-order valence-corrected chi connectivity index (χ2v) is 5.20. The van der Waals surface area contributed by atoms with Crippen LogP contribution in [-0.4, -0.2) is 6.21 Å². The molecule has 0 radical (unpaired) electrons. The van der Waals surface area contributed by atoms with E-state index in [1.54, 1.807) is 0 Å². The number of para-hydroxylation sites is 1. The molecule has 16 heavy (non-hydrogen) atoms. The Morgan fingerprint density at radius 3 is 2.38 bits per heavy atom. The first-order chi connectivity index (χ1) is 7.91. The minimum atomic E-state index is 0.289. The number of aliphatic imine (C=N–C) groups is 1. The summed E-state index contributed by atoms with van der Waals surface area (Å²) >= 11 is 0. The maximum Gasteiger partial charge on any atom is 0.0667 e. The third kappa shape index (κ3) is 1.59. The van der Waals surface area contributed by atoms with E-state index in [0.29, 0.717) is 0 Å². The summed E-state index contributed by atoms with van der Waals surface area (Å²) in [7, 11) is 0. The fourth-order valence-electron chi connectivity index (χ4n) is 3.20. The van der Waals surface area contributed by atoms with Gasteiger partial charge >= 0.3 is 0 Å². The monoisotopic (exact) mass is 213 g/mol. The average Bonchev–Trinajstić information content (AvgIpc) is 2.64. The maximum absolute atomic E-state index is 4.62. The molecule has 0 amide bonds. The van der Waals surface area contributed by atoms with Gasteiger partial charge in [0.15, 0.2) is 0 Å². The lowest BCUT2D eigenvalue weighted by atomic mass is 9.73. The summed E-state index contributed by atoms with van der Waals surface area (Å²) in [5.41, 5.74) is 2.98. The minimum Gasteiger partial charge on any atom is -0.260 e. The highest BCUT2D eigenvalue weighted by atomic mass is 14.8. The summed E-state index contributed by atoms with van der Waals surface area (Å²) in [6.07, 6.45) is 11.8. The minimum absolute atomic E-state index is 0.289. The zero-order valence-corrected chi connectivity index (χ0v) is 9.78. The fourth-order valence-corrected chi connectivity index (χ4v) is 3.20. The van der Waals surface area contributed by atoms with E-state index in [2.05, 4.69) is 35.5 Å². The van der Waals surface area contributed by atoms with Gasteiger partial charge in [0.25, 0.3) is 0 Å². The molecule has 0 saturated heterocycles. The smallest absolute Gasteiger partial charge is 0.0667 e. The molecule has 0 atom stereocenters. The van der Waals surface area contributed by atoms with Crippen molar-refractivity contribution in [2.24, 2.45) is 4.99 Å². The Balaban J connectivity index is 1.95. The van der Waals surface area contributed by atoms with E-state index in [9.17, 15) is 0 Å². The Labute approximate surface area is 97.6 Å². The quantitative estimate of drug-likeness (QED) is 0.606. The molecule has 1 nitrogen and oxygen atoms in total. The molecule has 1 heteroatoms. The number of rotatable bonds is 0. The number of fused-ring (bicyclic) bond motifs is 2. The van der Waals surface area contributed by atoms with Crippen LogP contribution in [0.4, 0.5) is 5.69 Å². The van der Waals surface area contributed by atoms with Crippen LogP contribution in [0.25, 0.3) is 0 Å². The van der Waals surface area contributed by atoms with Gasteiger partial charge in [0.1, 0.15) is 0 Å². The van der Waals surface area contributed by atoms with E-state index in [4.69, 9.17) is 0 Å². The second kappa shape index (κ2) is 4.04. The van der Waals surface area contributed by atoms with Gasteiger partial charge in [-0.05, 0) is 24.5 Å². The molecule has 1 fully saturated rings. The van der Waals surface area contributed by atoms with Gasteiger partial charge in [-0.15, -0.1) is 0 Å². The van der Waals surface area contributed by atoms with E-state index >= 15 is 0 Å². The highest BCUT2D eigenvalue weighted by Crippen LogP contribution is 2.44. The molecule has 1 aliphatic heterocycles. The first-order valence-electron chi connectivity index (χ1n) is 6.55. The lowest BCUT2D eigenvalue weighted by Crippen LogP contribution is -2.26. The summed E-state index contributed by atoms with van der Waals surface area (Å²) in [5.74, 6) is 0. The molecular weight excluding hydrogens is 194 g/mol. The van der Waals surface area contributed by atoms with Crippen molar-refractivity contribution in [3.05, 3.63) is 29.8 Å². The Bertz CT molecular complexity index is 398. The molecule has 1 spiro atoms. The van der Waals surface area contributed by atoms with Crippen molar-refractivity contribution in [2.45, 2.75) is 50.4 Å². The highest BCUT2D eigenvalue weighted by Gasteiger charge is 2.35. The molecule has 0 N–H and O–H groups in total. The molecule has 1 aliphatic carbocycles. The van der Waals surface area contributed by atoms with Gasteiger partial charge < -0.3 is 0 Å². The number of hydrogen-bond acceptors (Lipinski definition) is 1. The molecule has 1 saturated carbocycles. The van der Waals surface area contributed by atoms with Crippen LogP contribution in [0.15, 0.2) is 29.3 Å². The standard InChI is InChI=1S/C15H19N/c1-2-6-10-15(11-7-3-1)12-16-14-9-5-4-8-13(14)15/h4-5,8-9,12H,1-3,6-7,10-11H2. The van der Waals surface area contributed by atoms with Crippen LogP contribution < -0.4 is 0 Å². The van der Waals surface area contributed by atoms with Crippen molar-refractivity contribution in [3.8, 4) is 0 Å². The maximum atomic E-state index is 4.62. The molecule has 1 aromatic carbocycles. The van der Waals surface area contributed by atoms with Crippen LogP contribution >= 0.6 is 0 Å². The van der Waals surface area contributed by atoms with Crippen LogP contribution in [0.1, 0.15) is 50.5 Å². The van der Waals surface area contributed by atoms with E-state index in [1.165, 1.54) is 56.2 Å². The van der Waals surface area contributed by atoms with Crippen LogP contribution in [0.3, 0.4) is 0 Å². The molecule has 0 bridgehead atoms. The molecule has 0 unspecified atom stereocenters. The average molecular weight is 213 g/mol. The predicted molar refractivity (Wildman–Crippen MR) is 68.6 cm³/mol. The van der Waals surface area contributed by atoms with Crippen molar-refractivity contribution < 1.29 is 0 Å². The summed E-state index contributed by atoms with van der Waals surface area (Å²) in [5, 5.41) is 0. The number of benzene rings is 1. The van der Waals surface area contributed by atoms with Gasteiger partial charge in [0.05, 0.1) is 5.69 Å². The predicted octanol–water partition coefficient (Wildman–Crippen LogP) is 4.38. The lowest BCUT2D eigenvalue weighted by Gasteiger charge is -2.29. The van der Waals surface area contributed by atoms with E-state index < -0.39 is 0 Å². The second-order valence-electron chi connectivity index (χ2n) is 5.20. The normalized spacial score (nSPS) is 22.8. The zero-order chi connectivity index (χ0) is 10.8. The van der Waals surface area contributed by atoms with Gasteiger partial charge in [-0.1, -0.05) is 50.3 Å². The van der Waals surface area contributed by atoms with E-state index in [1.807, 2.05) is 0 Å².